The predicted molar refractivity (Wildman–Crippen MR) is 100 cm³/mol. The molecule has 0 aromatic carbocycles. The number of carbonyl (C=O) groups excluding carboxylic acids is 4. The van der Waals surface area contributed by atoms with E-state index in [1.54, 1.807) is 20.8 Å². The van der Waals surface area contributed by atoms with Gasteiger partial charge in [-0.1, -0.05) is 0 Å². The number of hydrogen-bond acceptors (Lipinski definition) is 6. The summed E-state index contributed by atoms with van der Waals surface area (Å²) in [5.41, 5.74) is -0.732. The van der Waals surface area contributed by atoms with Gasteiger partial charge in [-0.25, -0.2) is 4.79 Å². The summed E-state index contributed by atoms with van der Waals surface area (Å²) >= 11 is 0. The van der Waals surface area contributed by atoms with Crippen molar-refractivity contribution in [3.8, 4) is 0 Å². The van der Waals surface area contributed by atoms with Crippen LogP contribution < -0.4 is 16.0 Å². The largest absolute Gasteiger partial charge is 0.450 e. The van der Waals surface area contributed by atoms with Crippen LogP contribution in [0.25, 0.3) is 0 Å². The summed E-state index contributed by atoms with van der Waals surface area (Å²) < 4.78 is 10.5. The van der Waals surface area contributed by atoms with E-state index in [-0.39, 0.29) is 24.3 Å². The lowest BCUT2D eigenvalue weighted by Crippen LogP contribution is -2.55. The first-order valence-electron chi connectivity index (χ1n) is 9.80. The van der Waals surface area contributed by atoms with E-state index in [1.807, 2.05) is 0 Å². The summed E-state index contributed by atoms with van der Waals surface area (Å²) in [6, 6.07) is -0.822. The SMILES string of the molecule is CC(=O)O[C@H](C(=O)NC1CC1)[C@H](C[C@@H]1CCCNC1=O)NC(=O)OC(C)(C)C. The molecule has 0 aromatic rings. The van der Waals surface area contributed by atoms with Gasteiger partial charge in [-0.05, 0) is 52.9 Å². The van der Waals surface area contributed by atoms with Gasteiger partial charge in [-0.2, -0.15) is 0 Å². The van der Waals surface area contributed by atoms with Crippen LogP contribution in [0.5, 0.6) is 0 Å². The molecule has 9 heteroatoms. The third-order valence-electron chi connectivity index (χ3n) is 4.48. The summed E-state index contributed by atoms with van der Waals surface area (Å²) in [5, 5.41) is 8.23. The molecular formula is C19H31N3O6. The quantitative estimate of drug-likeness (QED) is 0.551. The topological polar surface area (TPSA) is 123 Å². The molecule has 0 aromatic heterocycles. The zero-order valence-corrected chi connectivity index (χ0v) is 17.0. The number of hydrogen-bond donors (Lipinski definition) is 3. The third kappa shape index (κ3) is 7.36. The maximum Gasteiger partial charge on any atom is 0.408 e. The van der Waals surface area contributed by atoms with Gasteiger partial charge in [0.25, 0.3) is 5.91 Å². The maximum absolute atomic E-state index is 12.7. The zero-order chi connectivity index (χ0) is 20.9. The second-order valence-electron chi connectivity index (χ2n) is 8.43. The second-order valence-corrected chi connectivity index (χ2v) is 8.43. The lowest BCUT2D eigenvalue weighted by atomic mass is 9.89. The Bertz CT molecular complexity index is 611. The van der Waals surface area contributed by atoms with Crippen LogP contribution in [0.4, 0.5) is 4.79 Å². The van der Waals surface area contributed by atoms with Gasteiger partial charge < -0.3 is 25.4 Å². The monoisotopic (exact) mass is 397 g/mol. The molecule has 1 heterocycles. The fourth-order valence-corrected chi connectivity index (χ4v) is 3.09. The maximum atomic E-state index is 12.7. The first-order chi connectivity index (χ1) is 13.0. The molecule has 28 heavy (non-hydrogen) atoms. The van der Waals surface area contributed by atoms with Crippen molar-refractivity contribution in [1.29, 1.82) is 0 Å². The lowest BCUT2D eigenvalue weighted by molar-refractivity contribution is -0.156. The summed E-state index contributed by atoms with van der Waals surface area (Å²) in [7, 11) is 0. The summed E-state index contributed by atoms with van der Waals surface area (Å²) in [5.74, 6) is -1.64. The van der Waals surface area contributed by atoms with Gasteiger partial charge >= 0.3 is 12.1 Å². The Hall–Kier alpha value is -2.32. The van der Waals surface area contributed by atoms with Crippen molar-refractivity contribution in [2.24, 2.45) is 5.92 Å². The lowest BCUT2D eigenvalue weighted by Gasteiger charge is -2.31. The smallest absolute Gasteiger partial charge is 0.408 e. The van der Waals surface area contributed by atoms with Gasteiger partial charge in [0.2, 0.25) is 5.91 Å². The van der Waals surface area contributed by atoms with E-state index in [9.17, 15) is 19.2 Å². The molecule has 9 nitrogen and oxygen atoms in total. The van der Waals surface area contributed by atoms with Crippen LogP contribution in [0.2, 0.25) is 0 Å². The number of rotatable bonds is 7. The molecule has 0 spiro atoms. The van der Waals surface area contributed by atoms with E-state index in [0.717, 1.165) is 19.3 Å². The van der Waals surface area contributed by atoms with E-state index >= 15 is 0 Å². The minimum atomic E-state index is -1.24. The standard InChI is InChI=1S/C19H31N3O6/c1-11(23)27-15(17(25)21-13-7-8-13)14(22-18(26)28-19(2,3)4)10-12-6-5-9-20-16(12)24/h12-15H,5-10H2,1-4H3,(H,20,24)(H,21,25)(H,22,26)/t12-,14-,15-/m0/s1. The summed E-state index contributed by atoms with van der Waals surface area (Å²) in [6.45, 7) is 6.98. The molecule has 0 bridgehead atoms. The van der Waals surface area contributed by atoms with E-state index < -0.39 is 35.7 Å². The zero-order valence-electron chi connectivity index (χ0n) is 17.0. The van der Waals surface area contributed by atoms with Gasteiger partial charge in [-0.15, -0.1) is 0 Å². The first-order valence-corrected chi connectivity index (χ1v) is 9.80. The van der Waals surface area contributed by atoms with Gasteiger partial charge in [0.1, 0.15) is 5.60 Å². The molecular weight excluding hydrogens is 366 g/mol. The fraction of sp³-hybridized carbons (Fsp3) is 0.789. The highest BCUT2D eigenvalue weighted by Crippen LogP contribution is 2.23. The number of alkyl carbamates (subject to hydrolysis) is 1. The van der Waals surface area contributed by atoms with Crippen molar-refractivity contribution < 1.29 is 28.7 Å². The molecule has 1 saturated heterocycles. The molecule has 0 unspecified atom stereocenters. The Morgan fingerprint density at radius 2 is 1.89 bits per heavy atom. The van der Waals surface area contributed by atoms with Crippen LogP contribution in [0, 0.1) is 5.92 Å². The molecule has 3 amide bonds. The minimum absolute atomic E-state index is 0.0608. The predicted octanol–water partition coefficient (Wildman–Crippen LogP) is 1.01. The summed E-state index contributed by atoms with van der Waals surface area (Å²) in [4.78, 5) is 48.8. The average molecular weight is 397 g/mol. The number of nitrogens with one attached hydrogen (secondary N) is 3. The number of piperidine rings is 1. The van der Waals surface area contributed by atoms with Crippen LogP contribution in [0.15, 0.2) is 0 Å². The molecule has 1 aliphatic carbocycles. The molecule has 2 aliphatic rings. The van der Waals surface area contributed by atoms with E-state index in [2.05, 4.69) is 16.0 Å². The van der Waals surface area contributed by atoms with E-state index in [1.165, 1.54) is 6.92 Å². The van der Waals surface area contributed by atoms with Crippen LogP contribution in [-0.4, -0.2) is 54.2 Å². The molecule has 2 rings (SSSR count). The molecule has 3 N–H and O–H groups in total. The van der Waals surface area contributed by atoms with Gasteiger partial charge in [0.05, 0.1) is 6.04 Å². The molecule has 3 atom stereocenters. The van der Waals surface area contributed by atoms with Crippen LogP contribution in [-0.2, 0) is 23.9 Å². The van der Waals surface area contributed by atoms with Crippen molar-refractivity contribution in [3.63, 3.8) is 0 Å². The van der Waals surface area contributed by atoms with Crippen LogP contribution >= 0.6 is 0 Å². The van der Waals surface area contributed by atoms with Crippen molar-refractivity contribution in [3.05, 3.63) is 0 Å². The molecule has 0 radical (unpaired) electrons. The van der Waals surface area contributed by atoms with Crippen molar-refractivity contribution in [2.75, 3.05) is 6.54 Å². The Morgan fingerprint density at radius 3 is 2.43 bits per heavy atom. The average Bonchev–Trinajstić information content (AvgIpc) is 3.36. The van der Waals surface area contributed by atoms with E-state index in [4.69, 9.17) is 9.47 Å². The Morgan fingerprint density at radius 1 is 1.21 bits per heavy atom. The Labute approximate surface area is 165 Å². The Balaban J connectivity index is 2.17. The molecule has 2 fully saturated rings. The van der Waals surface area contributed by atoms with Crippen LogP contribution in [0.3, 0.4) is 0 Å². The number of carbonyl (C=O) groups is 4. The van der Waals surface area contributed by atoms with Gasteiger partial charge in [-0.3, -0.25) is 14.4 Å². The third-order valence-corrected chi connectivity index (χ3v) is 4.48. The normalized spacial score (nSPS) is 21.7. The first kappa shape index (κ1) is 22.0. The highest BCUT2D eigenvalue weighted by Gasteiger charge is 2.39. The number of amides is 3. The highest BCUT2D eigenvalue weighted by molar-refractivity contribution is 5.86. The van der Waals surface area contributed by atoms with E-state index in [0.29, 0.717) is 13.0 Å². The Kier molecular flexibility index (Phi) is 7.26. The van der Waals surface area contributed by atoms with Gasteiger partial charge in [0, 0.05) is 25.4 Å². The highest BCUT2D eigenvalue weighted by atomic mass is 16.6. The molecule has 158 valence electrons. The second kappa shape index (κ2) is 9.25. The molecule has 1 saturated carbocycles. The van der Waals surface area contributed by atoms with Crippen LogP contribution in [0.1, 0.15) is 59.8 Å². The summed E-state index contributed by atoms with van der Waals surface area (Å²) in [6.07, 6.45) is 1.38. The number of ether oxygens (including phenoxy) is 2. The van der Waals surface area contributed by atoms with Gasteiger partial charge in [0.15, 0.2) is 6.10 Å². The van der Waals surface area contributed by atoms with Crippen molar-refractivity contribution >= 4 is 23.9 Å². The number of esters is 1. The fourth-order valence-electron chi connectivity index (χ4n) is 3.09. The minimum Gasteiger partial charge on any atom is -0.450 e. The van der Waals surface area contributed by atoms with Crippen molar-refractivity contribution in [1.82, 2.24) is 16.0 Å². The molecule has 1 aliphatic heterocycles. The van der Waals surface area contributed by atoms with Crippen molar-refractivity contribution in [2.45, 2.75) is 83.6 Å².